The van der Waals surface area contributed by atoms with E-state index in [2.05, 4.69) is 4.90 Å². The maximum absolute atomic E-state index is 13.0. The quantitative estimate of drug-likeness (QED) is 0.833. The van der Waals surface area contributed by atoms with E-state index < -0.39 is 6.10 Å². The number of halogens is 2. The highest BCUT2D eigenvalue weighted by Gasteiger charge is 2.26. The normalized spacial score (nSPS) is 15.8. The van der Waals surface area contributed by atoms with Crippen LogP contribution in [-0.4, -0.2) is 43.1 Å². The summed E-state index contributed by atoms with van der Waals surface area (Å²) < 4.78 is 18.7. The molecule has 0 unspecified atom stereocenters. The molecule has 25 heavy (non-hydrogen) atoms. The zero-order valence-corrected chi connectivity index (χ0v) is 14.7. The highest BCUT2D eigenvalue weighted by molar-refractivity contribution is 6.30. The molecule has 0 spiro atoms. The summed E-state index contributed by atoms with van der Waals surface area (Å²) in [5.74, 6) is 0.293. The van der Waals surface area contributed by atoms with Crippen molar-refractivity contribution in [3.05, 3.63) is 59.4 Å². The Hall–Kier alpha value is -2.27. The zero-order valence-electron chi connectivity index (χ0n) is 14.0. The van der Waals surface area contributed by atoms with E-state index in [1.807, 2.05) is 0 Å². The molecular weight excluding hydrogens is 343 g/mol. The van der Waals surface area contributed by atoms with Crippen LogP contribution in [0.15, 0.2) is 48.5 Å². The van der Waals surface area contributed by atoms with Crippen molar-refractivity contribution in [1.82, 2.24) is 4.90 Å². The van der Waals surface area contributed by atoms with Crippen LogP contribution in [0.25, 0.3) is 0 Å². The Morgan fingerprint density at radius 2 is 1.80 bits per heavy atom. The smallest absolute Gasteiger partial charge is 0.263 e. The van der Waals surface area contributed by atoms with Crippen LogP contribution in [0.4, 0.5) is 10.1 Å². The maximum atomic E-state index is 13.0. The number of piperazine rings is 1. The molecule has 1 saturated heterocycles. The van der Waals surface area contributed by atoms with Crippen LogP contribution in [0.2, 0.25) is 5.02 Å². The van der Waals surface area contributed by atoms with E-state index in [-0.39, 0.29) is 11.7 Å². The highest BCUT2D eigenvalue weighted by atomic mass is 35.5. The van der Waals surface area contributed by atoms with Crippen molar-refractivity contribution in [2.45, 2.75) is 13.0 Å². The predicted molar refractivity (Wildman–Crippen MR) is 96.7 cm³/mol. The van der Waals surface area contributed by atoms with Gasteiger partial charge in [0.2, 0.25) is 0 Å². The fourth-order valence-corrected chi connectivity index (χ4v) is 3.07. The predicted octanol–water partition coefficient (Wildman–Crippen LogP) is 3.60. The summed E-state index contributed by atoms with van der Waals surface area (Å²) in [6.07, 6.45) is -0.573. The number of carbonyl (C=O) groups excluding carboxylic acids is 1. The van der Waals surface area contributed by atoms with Gasteiger partial charge in [0, 0.05) is 36.9 Å². The van der Waals surface area contributed by atoms with E-state index in [9.17, 15) is 9.18 Å². The van der Waals surface area contributed by atoms with E-state index in [1.54, 1.807) is 48.2 Å². The van der Waals surface area contributed by atoms with Crippen molar-refractivity contribution in [3.8, 4) is 5.75 Å². The minimum Gasteiger partial charge on any atom is -0.481 e. The number of ether oxygens (including phenoxy) is 1. The fraction of sp³-hybridized carbons (Fsp3) is 0.316. The summed E-state index contributed by atoms with van der Waals surface area (Å²) in [5, 5.41) is 0.574. The summed E-state index contributed by atoms with van der Waals surface area (Å²) >= 11 is 5.94. The molecule has 1 heterocycles. The molecule has 0 aromatic heterocycles. The first-order valence-corrected chi connectivity index (χ1v) is 8.62. The molecule has 0 N–H and O–H groups in total. The second-order valence-corrected chi connectivity index (χ2v) is 6.44. The van der Waals surface area contributed by atoms with E-state index in [0.29, 0.717) is 37.0 Å². The number of nitrogens with zero attached hydrogens (tertiary/aromatic N) is 2. The van der Waals surface area contributed by atoms with Crippen LogP contribution < -0.4 is 9.64 Å². The average Bonchev–Trinajstić information content (AvgIpc) is 2.62. The van der Waals surface area contributed by atoms with Crippen LogP contribution in [0, 0.1) is 5.82 Å². The number of rotatable bonds is 4. The van der Waals surface area contributed by atoms with Gasteiger partial charge < -0.3 is 14.5 Å². The van der Waals surface area contributed by atoms with Gasteiger partial charge in [0.15, 0.2) is 6.10 Å². The number of carbonyl (C=O) groups is 1. The molecule has 0 aliphatic carbocycles. The maximum Gasteiger partial charge on any atom is 0.263 e. The first-order chi connectivity index (χ1) is 12.0. The lowest BCUT2D eigenvalue weighted by molar-refractivity contribution is -0.138. The molecule has 1 fully saturated rings. The molecule has 132 valence electrons. The third-order valence-electron chi connectivity index (χ3n) is 4.24. The lowest BCUT2D eigenvalue weighted by Gasteiger charge is -2.37. The van der Waals surface area contributed by atoms with Gasteiger partial charge in [0.05, 0.1) is 0 Å². The number of benzene rings is 2. The minimum absolute atomic E-state index is 0.0428. The van der Waals surface area contributed by atoms with Crippen LogP contribution >= 0.6 is 11.6 Å². The monoisotopic (exact) mass is 362 g/mol. The average molecular weight is 363 g/mol. The topological polar surface area (TPSA) is 32.8 Å². The van der Waals surface area contributed by atoms with Crippen molar-refractivity contribution >= 4 is 23.2 Å². The van der Waals surface area contributed by atoms with Crippen molar-refractivity contribution in [2.75, 3.05) is 31.1 Å². The Balaban J connectivity index is 1.54. The van der Waals surface area contributed by atoms with Gasteiger partial charge in [-0.25, -0.2) is 4.39 Å². The minimum atomic E-state index is -0.573. The Kier molecular flexibility index (Phi) is 5.43. The number of amides is 1. The second kappa shape index (κ2) is 7.74. The van der Waals surface area contributed by atoms with Crippen LogP contribution in [-0.2, 0) is 4.79 Å². The van der Waals surface area contributed by atoms with E-state index in [1.165, 1.54) is 12.1 Å². The van der Waals surface area contributed by atoms with Gasteiger partial charge in [-0.2, -0.15) is 0 Å². The summed E-state index contributed by atoms with van der Waals surface area (Å²) in [7, 11) is 0. The Labute approximate surface area is 151 Å². The van der Waals surface area contributed by atoms with E-state index >= 15 is 0 Å². The summed E-state index contributed by atoms with van der Waals surface area (Å²) in [6.45, 7) is 4.39. The SMILES string of the molecule is C[C@H](Oc1cccc(Cl)c1)C(=O)N1CCN(c2ccc(F)cc2)CC1. The summed E-state index contributed by atoms with van der Waals surface area (Å²) in [4.78, 5) is 16.5. The summed E-state index contributed by atoms with van der Waals surface area (Å²) in [6, 6.07) is 13.4. The molecule has 1 aliphatic heterocycles. The number of hydrogen-bond donors (Lipinski definition) is 0. The van der Waals surface area contributed by atoms with Gasteiger partial charge in [-0.3, -0.25) is 4.79 Å². The molecule has 0 bridgehead atoms. The second-order valence-electron chi connectivity index (χ2n) is 6.01. The molecule has 1 amide bonds. The van der Waals surface area contributed by atoms with Crippen LogP contribution in [0.3, 0.4) is 0 Å². The van der Waals surface area contributed by atoms with Gasteiger partial charge in [-0.1, -0.05) is 17.7 Å². The molecule has 1 atom stereocenters. The highest BCUT2D eigenvalue weighted by Crippen LogP contribution is 2.20. The first kappa shape index (κ1) is 17.5. The van der Waals surface area contributed by atoms with Crippen molar-refractivity contribution < 1.29 is 13.9 Å². The lowest BCUT2D eigenvalue weighted by Crippen LogP contribution is -2.52. The third kappa shape index (κ3) is 4.42. The molecule has 0 saturated carbocycles. The van der Waals surface area contributed by atoms with Crippen molar-refractivity contribution in [2.24, 2.45) is 0 Å². The molecule has 2 aromatic rings. The molecule has 3 rings (SSSR count). The molecule has 0 radical (unpaired) electrons. The molecule has 2 aromatic carbocycles. The van der Waals surface area contributed by atoms with Crippen molar-refractivity contribution in [1.29, 1.82) is 0 Å². The molecule has 1 aliphatic rings. The van der Waals surface area contributed by atoms with Gasteiger partial charge in [0.25, 0.3) is 5.91 Å². The molecular formula is C19H20ClFN2O2. The van der Waals surface area contributed by atoms with Gasteiger partial charge in [-0.05, 0) is 49.4 Å². The Bertz CT molecular complexity index is 730. The van der Waals surface area contributed by atoms with Crippen LogP contribution in [0.5, 0.6) is 5.75 Å². The van der Waals surface area contributed by atoms with Crippen molar-refractivity contribution in [3.63, 3.8) is 0 Å². The first-order valence-electron chi connectivity index (χ1n) is 8.24. The van der Waals surface area contributed by atoms with Gasteiger partial charge in [-0.15, -0.1) is 0 Å². The van der Waals surface area contributed by atoms with E-state index in [4.69, 9.17) is 16.3 Å². The fourth-order valence-electron chi connectivity index (χ4n) is 2.89. The molecule has 6 heteroatoms. The lowest BCUT2D eigenvalue weighted by atomic mass is 10.2. The largest absolute Gasteiger partial charge is 0.481 e. The van der Waals surface area contributed by atoms with E-state index in [0.717, 1.165) is 5.69 Å². The van der Waals surface area contributed by atoms with Crippen LogP contribution in [0.1, 0.15) is 6.92 Å². The number of hydrogen-bond acceptors (Lipinski definition) is 3. The standard InChI is InChI=1S/C19H20ClFN2O2/c1-14(25-18-4-2-3-15(20)13-18)19(24)23-11-9-22(10-12-23)17-7-5-16(21)6-8-17/h2-8,13-14H,9-12H2,1H3/t14-/m0/s1. The Morgan fingerprint density at radius 1 is 1.12 bits per heavy atom. The molecule has 4 nitrogen and oxygen atoms in total. The zero-order chi connectivity index (χ0) is 17.8. The number of anilines is 1. The Morgan fingerprint density at radius 3 is 2.44 bits per heavy atom. The van der Waals surface area contributed by atoms with Gasteiger partial charge >= 0.3 is 0 Å². The third-order valence-corrected chi connectivity index (χ3v) is 4.47. The summed E-state index contributed by atoms with van der Waals surface area (Å²) in [5.41, 5.74) is 0.969. The van der Waals surface area contributed by atoms with Gasteiger partial charge in [0.1, 0.15) is 11.6 Å².